The number of hydroxylamine groups is 2. The maximum absolute atomic E-state index is 10.6. The highest BCUT2D eigenvalue weighted by atomic mass is 16.7. The van der Waals surface area contributed by atoms with Gasteiger partial charge in [-0.1, -0.05) is 0 Å². The summed E-state index contributed by atoms with van der Waals surface area (Å²) in [6.07, 6.45) is 0.549. The molecule has 0 radical (unpaired) electrons. The molecule has 1 aliphatic rings. The molecule has 0 aromatic rings. The molecule has 0 spiro atoms. The number of hydrogen-bond donors (Lipinski definition) is 0. The summed E-state index contributed by atoms with van der Waals surface area (Å²) in [5, 5.41) is 1.39. The summed E-state index contributed by atoms with van der Waals surface area (Å²) in [7, 11) is 0. The molecule has 1 saturated heterocycles. The van der Waals surface area contributed by atoms with Gasteiger partial charge in [0.1, 0.15) is 0 Å². The molecule has 1 rings (SSSR count). The molecule has 0 saturated carbocycles. The second-order valence-corrected chi connectivity index (χ2v) is 1.67. The molecule has 0 unspecified atom stereocenters. The summed E-state index contributed by atoms with van der Waals surface area (Å²) < 4.78 is 0. The van der Waals surface area contributed by atoms with E-state index in [4.69, 9.17) is 4.84 Å². The quantitative estimate of drug-likeness (QED) is 0.487. The van der Waals surface area contributed by atoms with Gasteiger partial charge in [0, 0.05) is 6.54 Å². The Hall–Kier alpha value is -0.570. The van der Waals surface area contributed by atoms with Crippen LogP contribution in [0.15, 0.2) is 0 Å². The number of amides is 1. The van der Waals surface area contributed by atoms with E-state index in [1.807, 2.05) is 6.92 Å². The second-order valence-electron chi connectivity index (χ2n) is 1.67. The van der Waals surface area contributed by atoms with Gasteiger partial charge in [0.25, 0.3) is 0 Å². The van der Waals surface area contributed by atoms with E-state index in [0.29, 0.717) is 19.6 Å². The first kappa shape index (κ1) is 5.56. The molecule has 1 heterocycles. The lowest BCUT2D eigenvalue weighted by Gasteiger charge is -2.08. The Morgan fingerprint density at radius 2 is 2.62 bits per heavy atom. The van der Waals surface area contributed by atoms with Crippen LogP contribution in [0.4, 0.5) is 0 Å². The van der Waals surface area contributed by atoms with E-state index in [2.05, 4.69) is 0 Å². The average molecular weight is 115 g/mol. The Morgan fingerprint density at radius 3 is 2.88 bits per heavy atom. The van der Waals surface area contributed by atoms with Gasteiger partial charge in [0.2, 0.25) is 5.91 Å². The highest BCUT2D eigenvalue weighted by Gasteiger charge is 2.18. The minimum atomic E-state index is 0.104. The number of nitrogens with zero attached hydrogens (tertiary/aromatic N) is 1. The SMILES string of the molecule is CCN1OCCC1=O. The summed E-state index contributed by atoms with van der Waals surface area (Å²) in [5.41, 5.74) is 0. The van der Waals surface area contributed by atoms with Crippen molar-refractivity contribution in [1.82, 2.24) is 5.06 Å². The zero-order valence-corrected chi connectivity index (χ0v) is 4.89. The zero-order valence-electron chi connectivity index (χ0n) is 4.89. The van der Waals surface area contributed by atoms with Gasteiger partial charge in [-0.25, -0.2) is 5.06 Å². The minimum Gasteiger partial charge on any atom is -0.272 e. The number of hydrogen-bond acceptors (Lipinski definition) is 2. The molecule has 0 atom stereocenters. The zero-order chi connectivity index (χ0) is 5.98. The molecule has 1 aliphatic heterocycles. The minimum absolute atomic E-state index is 0.104. The van der Waals surface area contributed by atoms with Crippen molar-refractivity contribution in [3.05, 3.63) is 0 Å². The fourth-order valence-electron chi connectivity index (χ4n) is 0.707. The molecule has 3 heteroatoms. The Labute approximate surface area is 48.2 Å². The molecule has 46 valence electrons. The van der Waals surface area contributed by atoms with Crippen molar-refractivity contribution in [2.45, 2.75) is 13.3 Å². The van der Waals surface area contributed by atoms with E-state index in [9.17, 15) is 4.79 Å². The van der Waals surface area contributed by atoms with Crippen LogP contribution in [0.5, 0.6) is 0 Å². The standard InChI is InChI=1S/C5H9NO2/c1-2-6-5(7)3-4-8-6/h2-4H2,1H3. The van der Waals surface area contributed by atoms with Crippen LogP contribution < -0.4 is 0 Å². The monoisotopic (exact) mass is 115 g/mol. The molecule has 0 aliphatic carbocycles. The largest absolute Gasteiger partial charge is 0.272 e. The van der Waals surface area contributed by atoms with Crippen molar-refractivity contribution in [2.24, 2.45) is 0 Å². The Morgan fingerprint density at radius 1 is 1.88 bits per heavy atom. The van der Waals surface area contributed by atoms with E-state index in [1.165, 1.54) is 5.06 Å². The highest BCUT2D eigenvalue weighted by molar-refractivity contribution is 5.76. The van der Waals surface area contributed by atoms with Crippen molar-refractivity contribution in [3.63, 3.8) is 0 Å². The third kappa shape index (κ3) is 0.816. The van der Waals surface area contributed by atoms with Crippen molar-refractivity contribution in [3.8, 4) is 0 Å². The summed E-state index contributed by atoms with van der Waals surface area (Å²) >= 11 is 0. The van der Waals surface area contributed by atoms with E-state index in [-0.39, 0.29) is 5.91 Å². The van der Waals surface area contributed by atoms with Crippen molar-refractivity contribution in [2.75, 3.05) is 13.2 Å². The van der Waals surface area contributed by atoms with Gasteiger partial charge in [-0.3, -0.25) is 9.63 Å². The molecule has 0 bridgehead atoms. The summed E-state index contributed by atoms with van der Waals surface area (Å²) in [6, 6.07) is 0. The number of carbonyl (C=O) groups excluding carboxylic acids is 1. The Kier molecular flexibility index (Phi) is 1.48. The van der Waals surface area contributed by atoms with E-state index in [0.717, 1.165) is 0 Å². The summed E-state index contributed by atoms with van der Waals surface area (Å²) in [4.78, 5) is 15.5. The van der Waals surface area contributed by atoms with Gasteiger partial charge in [0.15, 0.2) is 0 Å². The van der Waals surface area contributed by atoms with Crippen molar-refractivity contribution < 1.29 is 9.63 Å². The predicted octanol–water partition coefficient (Wildman–Crippen LogP) is 0.170. The molecule has 1 fully saturated rings. The average Bonchev–Trinajstić information content (AvgIpc) is 2.14. The maximum atomic E-state index is 10.6. The van der Waals surface area contributed by atoms with Crippen LogP contribution in [0.25, 0.3) is 0 Å². The molecule has 3 nitrogen and oxygen atoms in total. The molecule has 0 aromatic carbocycles. The molecular formula is C5H9NO2. The van der Waals surface area contributed by atoms with Gasteiger partial charge < -0.3 is 0 Å². The molecule has 0 aromatic heterocycles. The summed E-state index contributed by atoms with van der Waals surface area (Å²) in [5.74, 6) is 0.104. The van der Waals surface area contributed by atoms with E-state index >= 15 is 0 Å². The van der Waals surface area contributed by atoms with Gasteiger partial charge in [-0.2, -0.15) is 0 Å². The normalized spacial score (nSPS) is 20.1. The van der Waals surface area contributed by atoms with Crippen molar-refractivity contribution >= 4 is 5.91 Å². The third-order valence-electron chi connectivity index (χ3n) is 1.13. The first-order valence-corrected chi connectivity index (χ1v) is 2.78. The number of rotatable bonds is 1. The van der Waals surface area contributed by atoms with Gasteiger partial charge in [0.05, 0.1) is 13.0 Å². The van der Waals surface area contributed by atoms with Crippen LogP contribution >= 0.6 is 0 Å². The fraction of sp³-hybridized carbons (Fsp3) is 0.800. The molecule has 8 heavy (non-hydrogen) atoms. The van der Waals surface area contributed by atoms with E-state index in [1.54, 1.807) is 0 Å². The van der Waals surface area contributed by atoms with Crippen LogP contribution in [0.2, 0.25) is 0 Å². The van der Waals surface area contributed by atoms with Gasteiger partial charge >= 0.3 is 0 Å². The van der Waals surface area contributed by atoms with Gasteiger partial charge in [-0.15, -0.1) is 0 Å². The van der Waals surface area contributed by atoms with Crippen LogP contribution in [0.3, 0.4) is 0 Å². The van der Waals surface area contributed by atoms with Crippen LogP contribution in [-0.2, 0) is 9.63 Å². The van der Waals surface area contributed by atoms with Gasteiger partial charge in [-0.05, 0) is 6.92 Å². The van der Waals surface area contributed by atoms with Crippen LogP contribution in [0.1, 0.15) is 13.3 Å². The lowest BCUT2D eigenvalue weighted by atomic mass is 10.4. The number of carbonyl (C=O) groups is 1. The van der Waals surface area contributed by atoms with E-state index < -0.39 is 0 Å². The lowest BCUT2D eigenvalue weighted by molar-refractivity contribution is -0.160. The Bertz CT molecular complexity index is 103. The predicted molar refractivity (Wildman–Crippen MR) is 28.0 cm³/mol. The van der Waals surface area contributed by atoms with Crippen molar-refractivity contribution in [1.29, 1.82) is 0 Å². The van der Waals surface area contributed by atoms with Crippen LogP contribution in [-0.4, -0.2) is 24.1 Å². The third-order valence-corrected chi connectivity index (χ3v) is 1.13. The maximum Gasteiger partial charge on any atom is 0.248 e. The molecular weight excluding hydrogens is 106 g/mol. The first-order valence-electron chi connectivity index (χ1n) is 2.78. The first-order chi connectivity index (χ1) is 3.84. The Balaban J connectivity index is 2.42. The highest BCUT2D eigenvalue weighted by Crippen LogP contribution is 2.03. The topological polar surface area (TPSA) is 29.5 Å². The fourth-order valence-corrected chi connectivity index (χ4v) is 0.707. The smallest absolute Gasteiger partial charge is 0.248 e. The molecule has 0 N–H and O–H groups in total. The van der Waals surface area contributed by atoms with Crippen LogP contribution in [0, 0.1) is 0 Å². The molecule has 1 amide bonds. The lowest BCUT2D eigenvalue weighted by Crippen LogP contribution is -2.22. The summed E-state index contributed by atoms with van der Waals surface area (Å²) in [6.45, 7) is 3.12. The second kappa shape index (κ2) is 2.13.